The molecule has 0 aliphatic carbocycles. The molecule has 5 nitrogen and oxygen atoms in total. The fraction of sp³-hybridized carbons (Fsp3) is 0.0667. The zero-order chi connectivity index (χ0) is 15.7. The van der Waals surface area contributed by atoms with Gasteiger partial charge >= 0.3 is 0 Å². The number of nitrogens with two attached hydrogens (primary N) is 1. The standard InChI is InChI=1S/C15H12F2N4O/c16-9-4-8(5-10(17)6-9)7-19-14(22)11-2-1-3-12-13(11)21-15(18)20-12/h1-6H,7H2,(H,19,22)(H3,18,20,21). The van der Waals surface area contributed by atoms with Crippen LogP contribution in [0.4, 0.5) is 14.7 Å². The van der Waals surface area contributed by atoms with Crippen LogP contribution in [0.2, 0.25) is 0 Å². The SMILES string of the molecule is Nc1nc2c(C(=O)NCc3cc(F)cc(F)c3)cccc2[nH]1. The highest BCUT2D eigenvalue weighted by Crippen LogP contribution is 2.17. The summed E-state index contributed by atoms with van der Waals surface area (Å²) in [4.78, 5) is 19.1. The lowest BCUT2D eigenvalue weighted by Gasteiger charge is -2.06. The van der Waals surface area contributed by atoms with Gasteiger partial charge in [-0.3, -0.25) is 4.79 Å². The molecule has 3 rings (SSSR count). The number of aromatic nitrogens is 2. The Hall–Kier alpha value is -2.96. The number of halogens is 2. The van der Waals surface area contributed by atoms with Gasteiger partial charge in [0.25, 0.3) is 5.91 Å². The van der Waals surface area contributed by atoms with Gasteiger partial charge in [0.2, 0.25) is 0 Å². The van der Waals surface area contributed by atoms with Crippen molar-refractivity contribution in [3.63, 3.8) is 0 Å². The highest BCUT2D eigenvalue weighted by molar-refractivity contribution is 6.05. The smallest absolute Gasteiger partial charge is 0.253 e. The van der Waals surface area contributed by atoms with Crippen LogP contribution in [0.3, 0.4) is 0 Å². The Labute approximate surface area is 124 Å². The van der Waals surface area contributed by atoms with Crippen molar-refractivity contribution in [2.24, 2.45) is 0 Å². The number of nitrogens with one attached hydrogen (secondary N) is 2. The number of carbonyl (C=O) groups is 1. The molecule has 7 heteroatoms. The average molecular weight is 302 g/mol. The van der Waals surface area contributed by atoms with Crippen LogP contribution in [0.25, 0.3) is 11.0 Å². The molecule has 4 N–H and O–H groups in total. The van der Waals surface area contributed by atoms with Crippen LogP contribution >= 0.6 is 0 Å². The summed E-state index contributed by atoms with van der Waals surface area (Å²) in [6.07, 6.45) is 0. The van der Waals surface area contributed by atoms with Crippen LogP contribution in [-0.2, 0) is 6.54 Å². The van der Waals surface area contributed by atoms with E-state index in [1.807, 2.05) is 0 Å². The maximum absolute atomic E-state index is 13.1. The third-order valence-electron chi connectivity index (χ3n) is 3.15. The molecular weight excluding hydrogens is 290 g/mol. The zero-order valence-electron chi connectivity index (χ0n) is 11.4. The van der Waals surface area contributed by atoms with Gasteiger partial charge in [0.1, 0.15) is 17.2 Å². The molecule has 0 bridgehead atoms. The summed E-state index contributed by atoms with van der Waals surface area (Å²) in [5.74, 6) is -1.57. The van der Waals surface area contributed by atoms with Gasteiger partial charge in [-0.05, 0) is 29.8 Å². The molecule has 2 aromatic carbocycles. The number of amides is 1. The lowest BCUT2D eigenvalue weighted by atomic mass is 10.1. The highest BCUT2D eigenvalue weighted by atomic mass is 19.1. The summed E-state index contributed by atoms with van der Waals surface area (Å²) < 4.78 is 26.2. The van der Waals surface area contributed by atoms with Crippen molar-refractivity contribution in [2.45, 2.75) is 6.54 Å². The van der Waals surface area contributed by atoms with E-state index in [1.54, 1.807) is 18.2 Å². The number of imidazole rings is 1. The van der Waals surface area contributed by atoms with Crippen molar-refractivity contribution in [3.8, 4) is 0 Å². The van der Waals surface area contributed by atoms with Gasteiger partial charge in [0, 0.05) is 12.6 Å². The number of aromatic amines is 1. The summed E-state index contributed by atoms with van der Waals surface area (Å²) in [5, 5.41) is 2.60. The number of nitrogen functional groups attached to an aromatic ring is 1. The number of H-pyrrole nitrogens is 1. The second-order valence-electron chi connectivity index (χ2n) is 4.78. The molecule has 0 saturated heterocycles. The number of carbonyl (C=O) groups excluding carboxylic acids is 1. The highest BCUT2D eigenvalue weighted by Gasteiger charge is 2.13. The van der Waals surface area contributed by atoms with Gasteiger partial charge in [0.05, 0.1) is 11.1 Å². The topological polar surface area (TPSA) is 83.8 Å². The number of hydrogen-bond donors (Lipinski definition) is 3. The summed E-state index contributed by atoms with van der Waals surface area (Å²) in [5.41, 5.74) is 7.33. The van der Waals surface area contributed by atoms with E-state index in [0.29, 0.717) is 22.2 Å². The van der Waals surface area contributed by atoms with Crippen LogP contribution in [0.1, 0.15) is 15.9 Å². The summed E-state index contributed by atoms with van der Waals surface area (Å²) in [7, 11) is 0. The van der Waals surface area contributed by atoms with E-state index in [4.69, 9.17) is 5.73 Å². The van der Waals surface area contributed by atoms with Gasteiger partial charge in [-0.1, -0.05) is 6.07 Å². The predicted octanol–water partition coefficient (Wildman–Crippen LogP) is 2.35. The molecule has 22 heavy (non-hydrogen) atoms. The monoisotopic (exact) mass is 302 g/mol. The minimum absolute atomic E-state index is 0.00378. The first-order chi connectivity index (χ1) is 10.5. The van der Waals surface area contributed by atoms with Crippen LogP contribution in [-0.4, -0.2) is 15.9 Å². The van der Waals surface area contributed by atoms with Crippen molar-refractivity contribution in [1.82, 2.24) is 15.3 Å². The third-order valence-corrected chi connectivity index (χ3v) is 3.15. The molecule has 0 fully saturated rings. The Balaban J connectivity index is 1.81. The number of anilines is 1. The van der Waals surface area contributed by atoms with Crippen LogP contribution in [0.5, 0.6) is 0 Å². The van der Waals surface area contributed by atoms with E-state index in [9.17, 15) is 13.6 Å². The van der Waals surface area contributed by atoms with E-state index in [0.717, 1.165) is 18.2 Å². The Bertz CT molecular complexity index is 840. The quantitative estimate of drug-likeness (QED) is 0.694. The number of nitrogens with zero attached hydrogens (tertiary/aromatic N) is 1. The maximum atomic E-state index is 13.1. The Kier molecular flexibility index (Phi) is 3.46. The lowest BCUT2D eigenvalue weighted by Crippen LogP contribution is -2.23. The number of benzene rings is 2. The fourth-order valence-electron chi connectivity index (χ4n) is 2.23. The second-order valence-corrected chi connectivity index (χ2v) is 4.78. The molecular formula is C15H12F2N4O. The van der Waals surface area contributed by atoms with Gasteiger partial charge in [-0.15, -0.1) is 0 Å². The van der Waals surface area contributed by atoms with Crippen molar-refractivity contribution in [1.29, 1.82) is 0 Å². The van der Waals surface area contributed by atoms with Gasteiger partial charge in [-0.2, -0.15) is 0 Å². The summed E-state index contributed by atoms with van der Waals surface area (Å²) in [6, 6.07) is 8.14. The number of hydrogen-bond acceptors (Lipinski definition) is 3. The molecule has 0 saturated carbocycles. The number of para-hydroxylation sites is 1. The van der Waals surface area contributed by atoms with E-state index in [-0.39, 0.29) is 12.5 Å². The van der Waals surface area contributed by atoms with E-state index < -0.39 is 17.5 Å². The molecule has 1 amide bonds. The molecule has 0 spiro atoms. The molecule has 0 aliphatic rings. The Morgan fingerprint density at radius 1 is 1.23 bits per heavy atom. The molecule has 3 aromatic rings. The minimum atomic E-state index is -0.688. The average Bonchev–Trinajstić information content (AvgIpc) is 2.83. The number of fused-ring (bicyclic) bond motifs is 1. The maximum Gasteiger partial charge on any atom is 0.253 e. The normalized spacial score (nSPS) is 10.8. The van der Waals surface area contributed by atoms with Crippen LogP contribution < -0.4 is 11.1 Å². The van der Waals surface area contributed by atoms with Gasteiger partial charge in [-0.25, -0.2) is 13.8 Å². The van der Waals surface area contributed by atoms with Crippen molar-refractivity contribution >= 4 is 22.9 Å². The largest absolute Gasteiger partial charge is 0.369 e. The third kappa shape index (κ3) is 2.73. The van der Waals surface area contributed by atoms with Crippen LogP contribution in [0.15, 0.2) is 36.4 Å². The first-order valence-corrected chi connectivity index (χ1v) is 6.50. The predicted molar refractivity (Wildman–Crippen MR) is 78.0 cm³/mol. The molecule has 0 atom stereocenters. The van der Waals surface area contributed by atoms with Gasteiger partial charge < -0.3 is 16.0 Å². The molecule has 1 aromatic heterocycles. The first-order valence-electron chi connectivity index (χ1n) is 6.50. The fourth-order valence-corrected chi connectivity index (χ4v) is 2.23. The van der Waals surface area contributed by atoms with E-state index in [2.05, 4.69) is 15.3 Å². The van der Waals surface area contributed by atoms with E-state index >= 15 is 0 Å². The van der Waals surface area contributed by atoms with E-state index in [1.165, 1.54) is 0 Å². The Morgan fingerprint density at radius 3 is 2.68 bits per heavy atom. The number of rotatable bonds is 3. The lowest BCUT2D eigenvalue weighted by molar-refractivity contribution is 0.0952. The van der Waals surface area contributed by atoms with Gasteiger partial charge in [0.15, 0.2) is 5.95 Å². The first kappa shape index (κ1) is 14.0. The van der Waals surface area contributed by atoms with Crippen molar-refractivity contribution < 1.29 is 13.6 Å². The van der Waals surface area contributed by atoms with Crippen LogP contribution in [0, 0.1) is 11.6 Å². The molecule has 0 unspecified atom stereocenters. The van der Waals surface area contributed by atoms with Crippen molar-refractivity contribution in [2.75, 3.05) is 5.73 Å². The second kappa shape index (κ2) is 5.44. The minimum Gasteiger partial charge on any atom is -0.369 e. The molecule has 1 heterocycles. The summed E-state index contributed by atoms with van der Waals surface area (Å²) in [6.45, 7) is 0.00378. The summed E-state index contributed by atoms with van der Waals surface area (Å²) >= 11 is 0. The molecule has 112 valence electrons. The zero-order valence-corrected chi connectivity index (χ0v) is 11.4. The molecule has 0 aliphatic heterocycles. The Morgan fingerprint density at radius 2 is 1.95 bits per heavy atom. The van der Waals surface area contributed by atoms with Crippen molar-refractivity contribution in [3.05, 3.63) is 59.2 Å². The molecule has 0 radical (unpaired) electrons.